The first-order chi connectivity index (χ1) is 13.5. The van der Waals surface area contributed by atoms with Gasteiger partial charge in [0.1, 0.15) is 17.7 Å². The maximum absolute atomic E-state index is 14.2. The second-order valence-electron chi connectivity index (χ2n) is 6.82. The Hall–Kier alpha value is -2.90. The summed E-state index contributed by atoms with van der Waals surface area (Å²) in [6.07, 6.45) is 4.31. The van der Waals surface area contributed by atoms with Gasteiger partial charge in [-0.1, -0.05) is 13.3 Å². The molecule has 1 unspecified atom stereocenters. The third kappa shape index (κ3) is 4.49. The lowest BCUT2D eigenvalue weighted by atomic mass is 10.1. The Morgan fingerprint density at radius 2 is 2.21 bits per heavy atom. The Kier molecular flexibility index (Phi) is 6.28. The Labute approximate surface area is 162 Å². The minimum absolute atomic E-state index is 0.212. The van der Waals surface area contributed by atoms with Gasteiger partial charge in [0.2, 0.25) is 0 Å². The van der Waals surface area contributed by atoms with Crippen LogP contribution >= 0.6 is 0 Å². The van der Waals surface area contributed by atoms with Crippen molar-refractivity contribution in [3.63, 3.8) is 0 Å². The normalized spacial score (nSPS) is 16.8. The highest BCUT2D eigenvalue weighted by Gasteiger charge is 2.26. The zero-order valence-electron chi connectivity index (χ0n) is 15.8. The van der Waals surface area contributed by atoms with Crippen molar-refractivity contribution in [2.45, 2.75) is 38.7 Å². The molecule has 0 radical (unpaired) electrons. The number of nitrogens with two attached hydrogens (primary N) is 1. The third-order valence-corrected chi connectivity index (χ3v) is 4.71. The van der Waals surface area contributed by atoms with E-state index in [0.29, 0.717) is 36.3 Å². The number of aromatic nitrogens is 1. The summed E-state index contributed by atoms with van der Waals surface area (Å²) in [7, 11) is 0. The standard InChI is InChI=1S/C20H24FN3O4/c1-2-3-9-27-20(26)24-8-4-5-13(12-24)28-18-6-7-23-17-11-14(19(22)25)16(21)10-15(17)18/h6-7,10-11,13H,2-5,8-9,12H2,1H3,(H2,22,25). The van der Waals surface area contributed by atoms with E-state index in [-0.39, 0.29) is 17.8 Å². The SMILES string of the molecule is CCCCOC(=O)N1CCCC(Oc2ccnc3cc(C(N)=O)c(F)cc23)C1. The molecule has 0 bridgehead atoms. The molecule has 0 aliphatic carbocycles. The molecule has 1 aliphatic rings. The molecule has 2 heterocycles. The maximum Gasteiger partial charge on any atom is 0.409 e. The Morgan fingerprint density at radius 3 is 2.96 bits per heavy atom. The molecule has 1 aliphatic heterocycles. The smallest absolute Gasteiger partial charge is 0.409 e. The number of unbranched alkanes of at least 4 members (excludes halogenated alkanes) is 1. The van der Waals surface area contributed by atoms with Gasteiger partial charge in [-0.15, -0.1) is 0 Å². The lowest BCUT2D eigenvalue weighted by molar-refractivity contribution is 0.0586. The minimum atomic E-state index is -0.850. The molecule has 0 saturated carbocycles. The lowest BCUT2D eigenvalue weighted by Gasteiger charge is -2.32. The van der Waals surface area contributed by atoms with Crippen molar-refractivity contribution < 1.29 is 23.5 Å². The summed E-state index contributed by atoms with van der Waals surface area (Å²) < 4.78 is 25.5. The van der Waals surface area contributed by atoms with Gasteiger partial charge in [0, 0.05) is 18.1 Å². The first kappa shape index (κ1) is 19.9. The van der Waals surface area contributed by atoms with Gasteiger partial charge in [0.25, 0.3) is 5.91 Å². The molecule has 2 aromatic rings. The number of likely N-dealkylation sites (tertiary alicyclic amines) is 1. The highest BCUT2D eigenvalue weighted by molar-refractivity contribution is 5.98. The molecule has 1 saturated heterocycles. The number of carbonyl (C=O) groups excluding carboxylic acids is 2. The summed E-state index contributed by atoms with van der Waals surface area (Å²) in [5, 5.41) is 0.452. The Morgan fingerprint density at radius 1 is 1.39 bits per heavy atom. The van der Waals surface area contributed by atoms with Crippen LogP contribution in [-0.2, 0) is 4.74 Å². The van der Waals surface area contributed by atoms with Crippen molar-refractivity contribution in [3.8, 4) is 5.75 Å². The third-order valence-electron chi connectivity index (χ3n) is 4.71. The van der Waals surface area contributed by atoms with E-state index in [0.717, 1.165) is 25.7 Å². The fourth-order valence-electron chi connectivity index (χ4n) is 3.21. The molecular weight excluding hydrogens is 365 g/mol. The zero-order chi connectivity index (χ0) is 20.1. The fraction of sp³-hybridized carbons (Fsp3) is 0.450. The summed E-state index contributed by atoms with van der Waals surface area (Å²) in [4.78, 5) is 29.3. The van der Waals surface area contributed by atoms with Crippen LogP contribution in [0.3, 0.4) is 0 Å². The van der Waals surface area contributed by atoms with E-state index in [1.54, 1.807) is 11.0 Å². The van der Waals surface area contributed by atoms with Crippen LogP contribution in [0.5, 0.6) is 5.75 Å². The van der Waals surface area contributed by atoms with Gasteiger partial charge in [0.05, 0.1) is 24.2 Å². The largest absolute Gasteiger partial charge is 0.488 e. The van der Waals surface area contributed by atoms with Crippen LogP contribution in [0.25, 0.3) is 10.9 Å². The zero-order valence-corrected chi connectivity index (χ0v) is 15.8. The number of hydrogen-bond donors (Lipinski definition) is 1. The van der Waals surface area contributed by atoms with Crippen LogP contribution in [0.2, 0.25) is 0 Å². The van der Waals surface area contributed by atoms with Gasteiger partial charge >= 0.3 is 6.09 Å². The average molecular weight is 389 g/mol. The first-order valence-corrected chi connectivity index (χ1v) is 9.46. The Bertz CT molecular complexity index is 874. The maximum atomic E-state index is 14.2. The van der Waals surface area contributed by atoms with Crippen LogP contribution in [0.1, 0.15) is 43.0 Å². The number of ether oxygens (including phenoxy) is 2. The molecule has 1 aromatic carbocycles. The van der Waals surface area contributed by atoms with Gasteiger partial charge in [0.15, 0.2) is 0 Å². The van der Waals surface area contributed by atoms with Gasteiger partial charge < -0.3 is 20.1 Å². The number of rotatable bonds is 6. The van der Waals surface area contributed by atoms with Crippen molar-refractivity contribution in [1.29, 1.82) is 0 Å². The number of hydrogen-bond acceptors (Lipinski definition) is 5. The number of nitrogens with zero attached hydrogens (tertiary/aromatic N) is 2. The van der Waals surface area contributed by atoms with Crippen molar-refractivity contribution in [2.75, 3.05) is 19.7 Å². The van der Waals surface area contributed by atoms with Gasteiger partial charge in [-0.05, 0) is 37.5 Å². The number of benzene rings is 1. The van der Waals surface area contributed by atoms with Gasteiger partial charge in [-0.3, -0.25) is 9.78 Å². The minimum Gasteiger partial charge on any atom is -0.488 e. The van der Waals surface area contributed by atoms with Crippen LogP contribution in [0.15, 0.2) is 24.4 Å². The number of fused-ring (bicyclic) bond motifs is 1. The van der Waals surface area contributed by atoms with E-state index in [1.165, 1.54) is 18.3 Å². The number of piperidine rings is 1. The first-order valence-electron chi connectivity index (χ1n) is 9.46. The summed E-state index contributed by atoms with van der Waals surface area (Å²) in [5.74, 6) is -1.12. The number of primary amides is 1. The second kappa shape index (κ2) is 8.86. The van der Waals surface area contributed by atoms with Gasteiger partial charge in [-0.25, -0.2) is 9.18 Å². The molecule has 1 aromatic heterocycles. The number of halogens is 1. The lowest BCUT2D eigenvalue weighted by Crippen LogP contribution is -2.44. The quantitative estimate of drug-likeness (QED) is 0.765. The van der Waals surface area contributed by atoms with E-state index in [2.05, 4.69) is 4.98 Å². The predicted molar refractivity (Wildman–Crippen MR) is 102 cm³/mol. The molecule has 3 rings (SSSR count). The van der Waals surface area contributed by atoms with Crippen LogP contribution < -0.4 is 10.5 Å². The second-order valence-corrected chi connectivity index (χ2v) is 6.82. The number of amides is 2. The molecule has 7 nitrogen and oxygen atoms in total. The highest BCUT2D eigenvalue weighted by atomic mass is 19.1. The van der Waals surface area contributed by atoms with Crippen molar-refractivity contribution >= 4 is 22.9 Å². The molecule has 8 heteroatoms. The van der Waals surface area contributed by atoms with Crippen LogP contribution in [0.4, 0.5) is 9.18 Å². The van der Waals surface area contributed by atoms with Crippen molar-refractivity contribution in [3.05, 3.63) is 35.8 Å². The highest BCUT2D eigenvalue weighted by Crippen LogP contribution is 2.28. The van der Waals surface area contributed by atoms with E-state index in [4.69, 9.17) is 15.2 Å². The number of pyridine rings is 1. The van der Waals surface area contributed by atoms with E-state index < -0.39 is 11.7 Å². The van der Waals surface area contributed by atoms with E-state index in [1.807, 2.05) is 6.92 Å². The van der Waals surface area contributed by atoms with Gasteiger partial charge in [-0.2, -0.15) is 0 Å². The molecule has 2 amide bonds. The van der Waals surface area contributed by atoms with E-state index >= 15 is 0 Å². The monoisotopic (exact) mass is 389 g/mol. The number of carbonyl (C=O) groups is 2. The summed E-state index contributed by atoms with van der Waals surface area (Å²) in [5.41, 5.74) is 5.40. The predicted octanol–water partition coefficient (Wildman–Crippen LogP) is 3.25. The summed E-state index contributed by atoms with van der Waals surface area (Å²) >= 11 is 0. The van der Waals surface area contributed by atoms with Crippen LogP contribution in [-0.4, -0.2) is 47.7 Å². The summed E-state index contributed by atoms with van der Waals surface area (Å²) in [6.45, 7) is 3.47. The van der Waals surface area contributed by atoms with Crippen molar-refractivity contribution in [2.24, 2.45) is 5.73 Å². The molecule has 2 N–H and O–H groups in total. The fourth-order valence-corrected chi connectivity index (χ4v) is 3.21. The topological polar surface area (TPSA) is 94.8 Å². The Balaban J connectivity index is 1.74. The van der Waals surface area contributed by atoms with E-state index in [9.17, 15) is 14.0 Å². The molecule has 0 spiro atoms. The molecule has 28 heavy (non-hydrogen) atoms. The average Bonchev–Trinajstić information content (AvgIpc) is 2.68. The van der Waals surface area contributed by atoms with Crippen molar-refractivity contribution in [1.82, 2.24) is 9.88 Å². The van der Waals surface area contributed by atoms with Crippen LogP contribution in [0, 0.1) is 5.82 Å². The molecular formula is C20H24FN3O4. The molecule has 1 fully saturated rings. The summed E-state index contributed by atoms with van der Waals surface area (Å²) in [6, 6.07) is 4.17. The molecule has 150 valence electrons. The molecule has 1 atom stereocenters.